The summed E-state index contributed by atoms with van der Waals surface area (Å²) in [6, 6.07) is -0.296. The van der Waals surface area contributed by atoms with Crippen LogP contribution in [0.2, 0.25) is 0 Å². The second kappa shape index (κ2) is 7.68. The summed E-state index contributed by atoms with van der Waals surface area (Å²) >= 11 is 0. The van der Waals surface area contributed by atoms with E-state index >= 15 is 0 Å². The van der Waals surface area contributed by atoms with Crippen molar-refractivity contribution in [2.75, 3.05) is 39.8 Å². The number of aliphatic carboxylic acids is 1. The third kappa shape index (κ3) is 5.04. The Hall–Kier alpha value is -1.83. The summed E-state index contributed by atoms with van der Waals surface area (Å²) in [6.07, 6.45) is -0.632. The van der Waals surface area contributed by atoms with E-state index in [0.29, 0.717) is 19.7 Å². The van der Waals surface area contributed by atoms with E-state index in [1.807, 2.05) is 0 Å². The summed E-state index contributed by atoms with van der Waals surface area (Å²) in [6.45, 7) is 3.23. The molecule has 0 aromatic heterocycles. The molecule has 114 valence electrons. The first-order valence-electron chi connectivity index (χ1n) is 6.54. The molecule has 0 radical (unpaired) electrons. The van der Waals surface area contributed by atoms with Crippen LogP contribution in [0, 0.1) is 0 Å². The number of ether oxygens (including phenoxy) is 1. The van der Waals surface area contributed by atoms with Crippen LogP contribution in [-0.2, 0) is 14.3 Å². The van der Waals surface area contributed by atoms with Crippen molar-refractivity contribution in [3.63, 3.8) is 0 Å². The van der Waals surface area contributed by atoms with Crippen molar-refractivity contribution in [2.45, 2.75) is 19.4 Å². The van der Waals surface area contributed by atoms with Gasteiger partial charge in [-0.1, -0.05) is 0 Å². The number of nitrogens with zero attached hydrogens (tertiary/aromatic N) is 2. The lowest BCUT2D eigenvalue weighted by molar-refractivity contribution is -0.141. The molecule has 0 spiro atoms. The molecule has 0 saturated carbocycles. The number of carbonyl (C=O) groups is 3. The van der Waals surface area contributed by atoms with Crippen molar-refractivity contribution >= 4 is 17.9 Å². The van der Waals surface area contributed by atoms with Gasteiger partial charge in [-0.3, -0.25) is 9.59 Å². The van der Waals surface area contributed by atoms with Gasteiger partial charge in [-0.05, 0) is 6.92 Å². The standard InChI is InChI=1S/C12H21N3O5/c1-3-13-10(16)8-14(2)12(19)15-4-5-20-9(7-15)6-11(17)18/h9H,3-8H2,1-2H3,(H,13,16)(H,17,18). The molecule has 8 heteroatoms. The molecule has 1 aliphatic heterocycles. The zero-order valence-electron chi connectivity index (χ0n) is 11.8. The molecule has 1 atom stereocenters. The van der Waals surface area contributed by atoms with Gasteiger partial charge in [-0.25, -0.2) is 4.79 Å². The van der Waals surface area contributed by atoms with Crippen molar-refractivity contribution in [3.8, 4) is 0 Å². The van der Waals surface area contributed by atoms with Crippen LogP contribution in [-0.4, -0.2) is 78.8 Å². The second-order valence-corrected chi connectivity index (χ2v) is 4.63. The number of hydrogen-bond acceptors (Lipinski definition) is 4. The smallest absolute Gasteiger partial charge is 0.320 e. The maximum Gasteiger partial charge on any atom is 0.320 e. The summed E-state index contributed by atoms with van der Waals surface area (Å²) in [5.41, 5.74) is 0. The molecule has 0 aromatic carbocycles. The molecule has 20 heavy (non-hydrogen) atoms. The average molecular weight is 287 g/mol. The van der Waals surface area contributed by atoms with Gasteiger partial charge in [0.1, 0.15) is 6.54 Å². The molecular weight excluding hydrogens is 266 g/mol. The highest BCUT2D eigenvalue weighted by Gasteiger charge is 2.28. The summed E-state index contributed by atoms with van der Waals surface area (Å²) in [5.74, 6) is -1.18. The Labute approximate surface area is 117 Å². The Morgan fingerprint density at radius 2 is 2.15 bits per heavy atom. The van der Waals surface area contributed by atoms with Gasteiger partial charge in [0.25, 0.3) is 0 Å². The molecule has 0 bridgehead atoms. The maximum atomic E-state index is 12.1. The van der Waals surface area contributed by atoms with Gasteiger partial charge in [0.15, 0.2) is 0 Å². The number of likely N-dealkylation sites (N-methyl/N-ethyl adjacent to an activating group) is 2. The first-order valence-corrected chi connectivity index (χ1v) is 6.54. The zero-order valence-corrected chi connectivity index (χ0v) is 11.8. The lowest BCUT2D eigenvalue weighted by Gasteiger charge is -2.34. The van der Waals surface area contributed by atoms with Gasteiger partial charge in [0, 0.05) is 26.7 Å². The van der Waals surface area contributed by atoms with Gasteiger partial charge in [-0.2, -0.15) is 0 Å². The fraction of sp³-hybridized carbons (Fsp3) is 0.750. The predicted molar refractivity (Wildman–Crippen MR) is 70.3 cm³/mol. The molecule has 1 rings (SSSR count). The van der Waals surface area contributed by atoms with Gasteiger partial charge in [0.05, 0.1) is 19.1 Å². The summed E-state index contributed by atoms with van der Waals surface area (Å²) in [5, 5.41) is 11.3. The fourth-order valence-corrected chi connectivity index (χ4v) is 1.99. The highest BCUT2D eigenvalue weighted by Crippen LogP contribution is 2.10. The van der Waals surface area contributed by atoms with E-state index in [1.54, 1.807) is 14.0 Å². The highest BCUT2D eigenvalue weighted by molar-refractivity contribution is 5.83. The molecule has 1 heterocycles. The van der Waals surface area contributed by atoms with Crippen LogP contribution in [0.25, 0.3) is 0 Å². The van der Waals surface area contributed by atoms with E-state index in [0.717, 1.165) is 0 Å². The lowest BCUT2D eigenvalue weighted by Crippen LogP contribution is -2.52. The number of carboxylic acids is 1. The Bertz CT molecular complexity index is 374. The van der Waals surface area contributed by atoms with Gasteiger partial charge in [0.2, 0.25) is 5.91 Å². The minimum atomic E-state index is -0.958. The van der Waals surface area contributed by atoms with Gasteiger partial charge < -0.3 is 25.0 Å². The highest BCUT2D eigenvalue weighted by atomic mass is 16.5. The van der Waals surface area contributed by atoms with E-state index in [9.17, 15) is 14.4 Å². The van der Waals surface area contributed by atoms with Crippen LogP contribution in [0.1, 0.15) is 13.3 Å². The Morgan fingerprint density at radius 3 is 2.75 bits per heavy atom. The molecule has 2 N–H and O–H groups in total. The molecule has 1 fully saturated rings. The Balaban J connectivity index is 2.49. The molecule has 1 unspecified atom stereocenters. The predicted octanol–water partition coefficient (Wildman–Crippen LogP) is -0.650. The first-order chi connectivity index (χ1) is 9.43. The number of hydrogen-bond donors (Lipinski definition) is 2. The molecule has 8 nitrogen and oxygen atoms in total. The lowest BCUT2D eigenvalue weighted by atomic mass is 10.2. The monoisotopic (exact) mass is 287 g/mol. The largest absolute Gasteiger partial charge is 0.481 e. The van der Waals surface area contributed by atoms with Crippen LogP contribution < -0.4 is 5.32 Å². The second-order valence-electron chi connectivity index (χ2n) is 4.63. The zero-order chi connectivity index (χ0) is 15.1. The van der Waals surface area contributed by atoms with Crippen LogP contribution in [0.3, 0.4) is 0 Å². The van der Waals surface area contributed by atoms with E-state index in [1.165, 1.54) is 9.80 Å². The Kier molecular flexibility index (Phi) is 6.23. The van der Waals surface area contributed by atoms with Crippen LogP contribution >= 0.6 is 0 Å². The Morgan fingerprint density at radius 1 is 1.45 bits per heavy atom. The summed E-state index contributed by atoms with van der Waals surface area (Å²) in [4.78, 5) is 37.0. The number of amides is 3. The number of rotatable bonds is 5. The molecule has 0 aliphatic carbocycles. The minimum absolute atomic E-state index is 0.0202. The van der Waals surface area contributed by atoms with E-state index in [4.69, 9.17) is 9.84 Å². The topological polar surface area (TPSA) is 99.2 Å². The first kappa shape index (κ1) is 16.2. The molecule has 1 aliphatic rings. The van der Waals surface area contributed by atoms with Crippen molar-refractivity contribution < 1.29 is 24.2 Å². The third-order valence-corrected chi connectivity index (χ3v) is 2.89. The third-order valence-electron chi connectivity index (χ3n) is 2.89. The van der Waals surface area contributed by atoms with E-state index < -0.39 is 12.1 Å². The van der Waals surface area contributed by atoms with Crippen molar-refractivity contribution in [1.29, 1.82) is 0 Å². The van der Waals surface area contributed by atoms with Crippen molar-refractivity contribution in [3.05, 3.63) is 0 Å². The number of morpholine rings is 1. The number of urea groups is 1. The van der Waals surface area contributed by atoms with Crippen LogP contribution in [0.4, 0.5) is 4.79 Å². The van der Waals surface area contributed by atoms with Crippen LogP contribution in [0.15, 0.2) is 0 Å². The van der Waals surface area contributed by atoms with Crippen molar-refractivity contribution in [2.24, 2.45) is 0 Å². The quantitative estimate of drug-likeness (QED) is 0.700. The molecular formula is C12H21N3O5. The normalized spacial score (nSPS) is 18.5. The van der Waals surface area contributed by atoms with E-state index in [-0.39, 0.29) is 31.4 Å². The fourth-order valence-electron chi connectivity index (χ4n) is 1.99. The minimum Gasteiger partial charge on any atom is -0.481 e. The average Bonchev–Trinajstić information content (AvgIpc) is 2.37. The maximum absolute atomic E-state index is 12.1. The van der Waals surface area contributed by atoms with E-state index in [2.05, 4.69) is 5.32 Å². The van der Waals surface area contributed by atoms with Gasteiger partial charge >= 0.3 is 12.0 Å². The molecule has 3 amide bonds. The number of nitrogens with one attached hydrogen (secondary N) is 1. The van der Waals surface area contributed by atoms with Crippen molar-refractivity contribution in [1.82, 2.24) is 15.1 Å². The van der Waals surface area contributed by atoms with Gasteiger partial charge in [-0.15, -0.1) is 0 Å². The SMILES string of the molecule is CCNC(=O)CN(C)C(=O)N1CCOC(CC(=O)O)C1. The molecule has 0 aromatic rings. The van der Waals surface area contributed by atoms with Crippen LogP contribution in [0.5, 0.6) is 0 Å². The summed E-state index contributed by atoms with van der Waals surface area (Å²) in [7, 11) is 1.54. The summed E-state index contributed by atoms with van der Waals surface area (Å²) < 4.78 is 5.30. The number of carbonyl (C=O) groups excluding carboxylic acids is 2. The molecule has 1 saturated heterocycles. The number of carboxylic acid groups (broad SMARTS) is 1.